The van der Waals surface area contributed by atoms with Gasteiger partial charge < -0.3 is 0 Å². The summed E-state index contributed by atoms with van der Waals surface area (Å²) in [6, 6.07) is 4.45. The van der Waals surface area contributed by atoms with Crippen molar-refractivity contribution in [2.45, 2.75) is 33.7 Å². The standard InChI is InChI=1S/C14H19N3S/c1-8-5-10(3)12(6-9(8)2)14(17-15)13-7-16-11(4)18-13/h5-7,14,17H,15H2,1-4H3. The molecular formula is C14H19N3S. The second-order valence-corrected chi connectivity index (χ2v) is 5.94. The average Bonchev–Trinajstić information content (AvgIpc) is 2.73. The molecule has 3 nitrogen and oxygen atoms in total. The van der Waals surface area contributed by atoms with Crippen LogP contribution >= 0.6 is 11.3 Å². The molecule has 1 aromatic carbocycles. The molecule has 1 heterocycles. The predicted molar refractivity (Wildman–Crippen MR) is 76.7 cm³/mol. The van der Waals surface area contributed by atoms with Crippen molar-refractivity contribution in [2.24, 2.45) is 5.84 Å². The number of thiazole rings is 1. The van der Waals surface area contributed by atoms with Gasteiger partial charge >= 0.3 is 0 Å². The fourth-order valence-corrected chi connectivity index (χ4v) is 3.00. The Morgan fingerprint density at radius 3 is 2.33 bits per heavy atom. The summed E-state index contributed by atoms with van der Waals surface area (Å²) in [6.45, 7) is 8.40. The van der Waals surface area contributed by atoms with Gasteiger partial charge in [-0.3, -0.25) is 5.84 Å². The number of aryl methyl sites for hydroxylation is 4. The zero-order chi connectivity index (χ0) is 13.3. The molecule has 2 aromatic rings. The van der Waals surface area contributed by atoms with Gasteiger partial charge in [-0.05, 0) is 49.9 Å². The van der Waals surface area contributed by atoms with Crippen molar-refractivity contribution in [3.05, 3.63) is 50.5 Å². The lowest BCUT2D eigenvalue weighted by Crippen LogP contribution is -2.28. The molecule has 18 heavy (non-hydrogen) atoms. The summed E-state index contributed by atoms with van der Waals surface area (Å²) in [6.07, 6.45) is 1.90. The third-order valence-electron chi connectivity index (χ3n) is 3.28. The van der Waals surface area contributed by atoms with Crippen LogP contribution in [0.4, 0.5) is 0 Å². The van der Waals surface area contributed by atoms with Crippen LogP contribution in [-0.2, 0) is 0 Å². The largest absolute Gasteiger partial charge is 0.271 e. The number of hydrazine groups is 1. The van der Waals surface area contributed by atoms with Crippen LogP contribution in [0.5, 0.6) is 0 Å². The van der Waals surface area contributed by atoms with Gasteiger partial charge in [0.25, 0.3) is 0 Å². The van der Waals surface area contributed by atoms with E-state index in [0.717, 1.165) is 9.88 Å². The molecular weight excluding hydrogens is 242 g/mol. The van der Waals surface area contributed by atoms with Crippen molar-refractivity contribution in [1.82, 2.24) is 10.4 Å². The Morgan fingerprint density at radius 2 is 1.78 bits per heavy atom. The molecule has 0 aliphatic rings. The molecule has 1 aromatic heterocycles. The molecule has 0 aliphatic carbocycles. The highest BCUT2D eigenvalue weighted by Gasteiger charge is 2.17. The van der Waals surface area contributed by atoms with Crippen molar-refractivity contribution >= 4 is 11.3 Å². The fourth-order valence-electron chi connectivity index (χ4n) is 2.13. The van der Waals surface area contributed by atoms with E-state index in [9.17, 15) is 0 Å². The third kappa shape index (κ3) is 2.46. The van der Waals surface area contributed by atoms with Crippen LogP contribution in [0.25, 0.3) is 0 Å². The van der Waals surface area contributed by atoms with Gasteiger partial charge in [0.2, 0.25) is 0 Å². The van der Waals surface area contributed by atoms with Crippen LogP contribution in [-0.4, -0.2) is 4.98 Å². The lowest BCUT2D eigenvalue weighted by atomic mass is 9.95. The Labute approximate surface area is 112 Å². The van der Waals surface area contributed by atoms with E-state index in [1.165, 1.54) is 22.3 Å². The van der Waals surface area contributed by atoms with E-state index in [2.05, 4.69) is 43.3 Å². The summed E-state index contributed by atoms with van der Waals surface area (Å²) in [5.74, 6) is 5.73. The summed E-state index contributed by atoms with van der Waals surface area (Å²) >= 11 is 1.68. The van der Waals surface area contributed by atoms with Crippen LogP contribution < -0.4 is 11.3 Å². The van der Waals surface area contributed by atoms with Crippen LogP contribution in [0.15, 0.2) is 18.3 Å². The third-order valence-corrected chi connectivity index (χ3v) is 4.26. The fraction of sp³-hybridized carbons (Fsp3) is 0.357. The van der Waals surface area contributed by atoms with Gasteiger partial charge in [0.15, 0.2) is 0 Å². The first kappa shape index (κ1) is 13.2. The average molecular weight is 261 g/mol. The zero-order valence-corrected chi connectivity index (χ0v) is 12.1. The molecule has 4 heteroatoms. The first-order chi connectivity index (χ1) is 8.52. The van der Waals surface area contributed by atoms with E-state index in [1.54, 1.807) is 11.3 Å². The monoisotopic (exact) mass is 261 g/mol. The molecule has 0 bridgehead atoms. The van der Waals surface area contributed by atoms with Crippen LogP contribution in [0.1, 0.15) is 38.2 Å². The Balaban J connectivity index is 2.48. The number of rotatable bonds is 3. The first-order valence-corrected chi connectivity index (χ1v) is 6.80. The van der Waals surface area contributed by atoms with Gasteiger partial charge in [-0.15, -0.1) is 11.3 Å². The molecule has 0 spiro atoms. The maximum atomic E-state index is 5.73. The van der Waals surface area contributed by atoms with Gasteiger partial charge in [0, 0.05) is 11.1 Å². The Morgan fingerprint density at radius 1 is 1.11 bits per heavy atom. The topological polar surface area (TPSA) is 50.9 Å². The van der Waals surface area contributed by atoms with Crippen LogP contribution in [0.2, 0.25) is 0 Å². The number of hydrogen-bond donors (Lipinski definition) is 2. The summed E-state index contributed by atoms with van der Waals surface area (Å²) in [4.78, 5) is 5.46. The molecule has 0 saturated carbocycles. The van der Waals surface area contributed by atoms with Gasteiger partial charge in [0.05, 0.1) is 11.0 Å². The summed E-state index contributed by atoms with van der Waals surface area (Å²) in [5.41, 5.74) is 7.99. The molecule has 0 saturated heterocycles. The molecule has 1 atom stereocenters. The lowest BCUT2D eigenvalue weighted by molar-refractivity contribution is 0.641. The lowest BCUT2D eigenvalue weighted by Gasteiger charge is -2.18. The van der Waals surface area contributed by atoms with Crippen molar-refractivity contribution in [3.63, 3.8) is 0 Å². The van der Waals surface area contributed by atoms with Crippen molar-refractivity contribution in [3.8, 4) is 0 Å². The Hall–Kier alpha value is -1.23. The summed E-state index contributed by atoms with van der Waals surface area (Å²) in [7, 11) is 0. The van der Waals surface area contributed by atoms with Crippen molar-refractivity contribution in [2.75, 3.05) is 0 Å². The molecule has 0 aliphatic heterocycles. The predicted octanol–water partition coefficient (Wildman–Crippen LogP) is 2.93. The summed E-state index contributed by atoms with van der Waals surface area (Å²) < 4.78 is 0. The number of aromatic nitrogens is 1. The highest BCUT2D eigenvalue weighted by Crippen LogP contribution is 2.29. The smallest absolute Gasteiger partial charge is 0.0897 e. The molecule has 2 rings (SSSR count). The molecule has 0 radical (unpaired) electrons. The maximum absolute atomic E-state index is 5.73. The molecule has 0 amide bonds. The minimum absolute atomic E-state index is 0.0236. The number of benzene rings is 1. The minimum Gasteiger partial charge on any atom is -0.271 e. The van der Waals surface area contributed by atoms with E-state index in [0.29, 0.717) is 0 Å². The minimum atomic E-state index is 0.0236. The zero-order valence-electron chi connectivity index (χ0n) is 11.2. The van der Waals surface area contributed by atoms with Gasteiger partial charge in [-0.25, -0.2) is 10.4 Å². The molecule has 1 unspecified atom stereocenters. The number of hydrogen-bond acceptors (Lipinski definition) is 4. The van der Waals surface area contributed by atoms with E-state index in [1.807, 2.05) is 13.1 Å². The van der Waals surface area contributed by atoms with Gasteiger partial charge in [-0.2, -0.15) is 0 Å². The van der Waals surface area contributed by atoms with Crippen molar-refractivity contribution in [1.29, 1.82) is 0 Å². The highest BCUT2D eigenvalue weighted by molar-refractivity contribution is 7.11. The number of nitrogens with zero attached hydrogens (tertiary/aromatic N) is 1. The van der Waals surface area contributed by atoms with Gasteiger partial charge in [0.1, 0.15) is 0 Å². The highest BCUT2D eigenvalue weighted by atomic mass is 32.1. The van der Waals surface area contributed by atoms with E-state index >= 15 is 0 Å². The van der Waals surface area contributed by atoms with Crippen LogP contribution in [0, 0.1) is 27.7 Å². The Kier molecular flexibility index (Phi) is 3.80. The normalized spacial score (nSPS) is 12.7. The first-order valence-electron chi connectivity index (χ1n) is 5.99. The van der Waals surface area contributed by atoms with Crippen LogP contribution in [0.3, 0.4) is 0 Å². The van der Waals surface area contributed by atoms with Crippen molar-refractivity contribution < 1.29 is 0 Å². The second kappa shape index (κ2) is 5.18. The van der Waals surface area contributed by atoms with E-state index < -0.39 is 0 Å². The van der Waals surface area contributed by atoms with E-state index in [4.69, 9.17) is 5.84 Å². The van der Waals surface area contributed by atoms with E-state index in [-0.39, 0.29) is 6.04 Å². The molecule has 0 fully saturated rings. The Bertz CT molecular complexity index is 560. The quantitative estimate of drug-likeness (QED) is 0.660. The van der Waals surface area contributed by atoms with Gasteiger partial charge in [-0.1, -0.05) is 12.1 Å². The molecule has 96 valence electrons. The second-order valence-electron chi connectivity index (χ2n) is 4.67. The summed E-state index contributed by atoms with van der Waals surface area (Å²) in [5, 5.41) is 1.06. The molecule has 3 N–H and O–H groups in total. The SMILES string of the molecule is Cc1ncc(C(NN)c2cc(C)c(C)cc2C)s1. The number of nitrogens with one attached hydrogen (secondary N) is 1. The maximum Gasteiger partial charge on any atom is 0.0897 e. The number of nitrogens with two attached hydrogens (primary N) is 1.